The molecule has 0 radical (unpaired) electrons. The molecule has 9 heteroatoms. The molecule has 0 bridgehead atoms. The maximum Gasteiger partial charge on any atom is 0.293 e. The lowest BCUT2D eigenvalue weighted by atomic mass is 10.1. The Morgan fingerprint density at radius 3 is 2.23 bits per heavy atom. The van der Waals surface area contributed by atoms with Gasteiger partial charge in [0.25, 0.3) is 5.69 Å². The molecule has 1 atom stereocenters. The molecule has 26 heavy (non-hydrogen) atoms. The van der Waals surface area contributed by atoms with Gasteiger partial charge in [0, 0.05) is 18.2 Å². The van der Waals surface area contributed by atoms with Gasteiger partial charge < -0.3 is 5.32 Å². The zero-order valence-electron chi connectivity index (χ0n) is 14.6. The van der Waals surface area contributed by atoms with Crippen LogP contribution < -0.4 is 10.0 Å². The topological polar surface area (TPSA) is 101 Å². The first-order valence-electron chi connectivity index (χ1n) is 7.93. The Morgan fingerprint density at radius 1 is 1.08 bits per heavy atom. The van der Waals surface area contributed by atoms with E-state index in [1.54, 1.807) is 32.9 Å². The van der Waals surface area contributed by atoms with Crippen molar-refractivity contribution in [1.29, 1.82) is 0 Å². The molecule has 7 nitrogen and oxygen atoms in total. The molecular weight excluding hydrogens is 361 g/mol. The maximum atomic E-state index is 13.0. The van der Waals surface area contributed by atoms with E-state index in [0.717, 1.165) is 11.6 Å². The van der Waals surface area contributed by atoms with Crippen LogP contribution in [0.4, 0.5) is 15.8 Å². The molecular formula is C17H20FN3O4S. The van der Waals surface area contributed by atoms with Crippen molar-refractivity contribution in [2.45, 2.75) is 37.8 Å². The van der Waals surface area contributed by atoms with Crippen molar-refractivity contribution in [2.75, 3.05) is 5.32 Å². The summed E-state index contributed by atoms with van der Waals surface area (Å²) < 4.78 is 39.8. The Bertz CT molecular complexity index is 899. The number of nitro benzene ring substituents is 1. The Hall–Kier alpha value is -2.52. The van der Waals surface area contributed by atoms with Crippen LogP contribution in [0.5, 0.6) is 0 Å². The highest BCUT2D eigenvalue weighted by atomic mass is 32.2. The van der Waals surface area contributed by atoms with E-state index in [1.807, 2.05) is 0 Å². The minimum Gasteiger partial charge on any atom is -0.373 e. The summed E-state index contributed by atoms with van der Waals surface area (Å²) in [6.45, 7) is 5.08. The molecule has 0 unspecified atom stereocenters. The highest BCUT2D eigenvalue weighted by Gasteiger charge is 2.23. The van der Waals surface area contributed by atoms with Gasteiger partial charge in [0.1, 0.15) is 11.5 Å². The summed E-state index contributed by atoms with van der Waals surface area (Å²) in [5.41, 5.74) is 0.555. The quantitative estimate of drug-likeness (QED) is 0.564. The second-order valence-corrected chi connectivity index (χ2v) is 7.84. The molecule has 0 aromatic heterocycles. The third kappa shape index (κ3) is 4.77. The van der Waals surface area contributed by atoms with Crippen molar-refractivity contribution in [3.8, 4) is 0 Å². The van der Waals surface area contributed by atoms with Crippen LogP contribution in [0.3, 0.4) is 0 Å². The molecule has 0 fully saturated rings. The average molecular weight is 381 g/mol. The van der Waals surface area contributed by atoms with E-state index in [2.05, 4.69) is 10.0 Å². The van der Waals surface area contributed by atoms with Crippen molar-refractivity contribution >= 4 is 21.4 Å². The van der Waals surface area contributed by atoms with E-state index >= 15 is 0 Å². The summed E-state index contributed by atoms with van der Waals surface area (Å²) >= 11 is 0. The van der Waals surface area contributed by atoms with Crippen LogP contribution in [0.1, 0.15) is 32.4 Å². The van der Waals surface area contributed by atoms with Crippen LogP contribution in [-0.2, 0) is 10.0 Å². The van der Waals surface area contributed by atoms with Crippen LogP contribution >= 0.6 is 0 Å². The second-order valence-electron chi connectivity index (χ2n) is 6.13. The molecule has 0 saturated carbocycles. The lowest BCUT2D eigenvalue weighted by molar-refractivity contribution is -0.384. The van der Waals surface area contributed by atoms with E-state index in [0.29, 0.717) is 0 Å². The standard InChI is InChI=1S/C17H20FN3O4S/c1-11(2)20-26(24,25)15-8-9-16(17(10-15)21(22)23)19-12(3)13-4-6-14(18)7-5-13/h4-12,19-20H,1-3H3/t12-/m1/s1. The van der Waals surface area contributed by atoms with Crippen LogP contribution in [0.15, 0.2) is 47.4 Å². The highest BCUT2D eigenvalue weighted by molar-refractivity contribution is 7.89. The smallest absolute Gasteiger partial charge is 0.293 e. The maximum absolute atomic E-state index is 13.0. The fourth-order valence-electron chi connectivity index (χ4n) is 2.40. The summed E-state index contributed by atoms with van der Waals surface area (Å²) in [6, 6.07) is 8.74. The number of nitro groups is 1. The van der Waals surface area contributed by atoms with E-state index in [-0.39, 0.29) is 34.2 Å². The number of hydrogen-bond acceptors (Lipinski definition) is 5. The van der Waals surface area contributed by atoms with Gasteiger partial charge in [0.05, 0.1) is 9.82 Å². The minimum atomic E-state index is -3.84. The van der Waals surface area contributed by atoms with Crippen molar-refractivity contribution < 1.29 is 17.7 Å². The molecule has 0 amide bonds. The number of sulfonamides is 1. The van der Waals surface area contributed by atoms with Crippen molar-refractivity contribution in [3.63, 3.8) is 0 Å². The van der Waals surface area contributed by atoms with E-state index < -0.39 is 14.9 Å². The summed E-state index contributed by atoms with van der Waals surface area (Å²) in [4.78, 5) is 10.6. The zero-order chi connectivity index (χ0) is 19.5. The third-order valence-electron chi connectivity index (χ3n) is 3.61. The molecule has 0 aliphatic heterocycles. The van der Waals surface area contributed by atoms with Crippen LogP contribution in [0, 0.1) is 15.9 Å². The van der Waals surface area contributed by atoms with Crippen molar-refractivity contribution in [1.82, 2.24) is 4.72 Å². The van der Waals surface area contributed by atoms with Gasteiger partial charge >= 0.3 is 0 Å². The molecule has 0 heterocycles. The Balaban J connectivity index is 2.34. The van der Waals surface area contributed by atoms with E-state index in [4.69, 9.17) is 0 Å². The SMILES string of the molecule is CC(C)NS(=O)(=O)c1ccc(N[C@H](C)c2ccc(F)cc2)c([N+](=O)[O-])c1. The molecule has 0 spiro atoms. The monoisotopic (exact) mass is 381 g/mol. The van der Waals surface area contributed by atoms with Gasteiger partial charge in [0.2, 0.25) is 10.0 Å². The number of nitrogens with one attached hydrogen (secondary N) is 2. The fraction of sp³-hybridized carbons (Fsp3) is 0.294. The van der Waals surface area contributed by atoms with Gasteiger partial charge in [-0.15, -0.1) is 0 Å². The van der Waals surface area contributed by atoms with Gasteiger partial charge in [-0.3, -0.25) is 10.1 Å². The first kappa shape index (κ1) is 19.8. The third-order valence-corrected chi connectivity index (χ3v) is 5.27. The zero-order valence-corrected chi connectivity index (χ0v) is 15.4. The molecule has 2 aromatic rings. The minimum absolute atomic E-state index is 0.176. The average Bonchev–Trinajstić information content (AvgIpc) is 2.54. The lowest BCUT2D eigenvalue weighted by Crippen LogP contribution is -2.30. The van der Waals surface area contributed by atoms with Crippen molar-refractivity contribution in [3.05, 3.63) is 64.0 Å². The first-order valence-corrected chi connectivity index (χ1v) is 9.41. The van der Waals surface area contributed by atoms with Gasteiger partial charge in [-0.05, 0) is 50.6 Å². The number of hydrogen-bond donors (Lipinski definition) is 2. The second kappa shape index (κ2) is 7.79. The normalized spacial score (nSPS) is 12.8. The summed E-state index contributed by atoms with van der Waals surface area (Å²) in [5.74, 6) is -0.376. The summed E-state index contributed by atoms with van der Waals surface area (Å²) in [7, 11) is -3.84. The molecule has 140 valence electrons. The van der Waals surface area contributed by atoms with E-state index in [9.17, 15) is 22.9 Å². The van der Waals surface area contributed by atoms with Crippen LogP contribution in [0.25, 0.3) is 0 Å². The Morgan fingerprint density at radius 2 is 1.69 bits per heavy atom. The predicted octanol–water partition coefficient (Wildman–Crippen LogP) is 3.59. The van der Waals surface area contributed by atoms with Crippen LogP contribution in [0.2, 0.25) is 0 Å². The van der Waals surface area contributed by atoms with Gasteiger partial charge in [-0.25, -0.2) is 17.5 Å². The molecule has 0 aliphatic rings. The molecule has 2 aromatic carbocycles. The van der Waals surface area contributed by atoms with Gasteiger partial charge in [-0.2, -0.15) is 0 Å². The largest absolute Gasteiger partial charge is 0.373 e. The molecule has 0 saturated heterocycles. The number of halogens is 1. The number of benzene rings is 2. The molecule has 2 rings (SSSR count). The predicted molar refractivity (Wildman–Crippen MR) is 97.0 cm³/mol. The first-order chi connectivity index (χ1) is 12.1. The highest BCUT2D eigenvalue weighted by Crippen LogP contribution is 2.30. The fourth-order valence-corrected chi connectivity index (χ4v) is 3.67. The summed E-state index contributed by atoms with van der Waals surface area (Å²) in [6.07, 6.45) is 0. The summed E-state index contributed by atoms with van der Waals surface area (Å²) in [5, 5.41) is 14.4. The molecule has 0 aliphatic carbocycles. The Kier molecular flexibility index (Phi) is 5.94. The molecule has 2 N–H and O–H groups in total. The van der Waals surface area contributed by atoms with E-state index in [1.165, 1.54) is 24.3 Å². The number of nitrogens with zero attached hydrogens (tertiary/aromatic N) is 1. The number of rotatable bonds is 7. The van der Waals surface area contributed by atoms with Gasteiger partial charge in [-0.1, -0.05) is 12.1 Å². The van der Waals surface area contributed by atoms with Crippen LogP contribution in [-0.4, -0.2) is 19.4 Å². The Labute approximate surface area is 151 Å². The van der Waals surface area contributed by atoms with Gasteiger partial charge in [0.15, 0.2) is 0 Å². The van der Waals surface area contributed by atoms with Crippen molar-refractivity contribution in [2.24, 2.45) is 0 Å². The lowest BCUT2D eigenvalue weighted by Gasteiger charge is -2.16. The number of anilines is 1.